The molecule has 4 N–H and O–H groups in total. The van der Waals surface area contributed by atoms with Gasteiger partial charge in [-0.25, -0.2) is 0 Å². The van der Waals surface area contributed by atoms with Crippen LogP contribution in [0.3, 0.4) is 0 Å². The second kappa shape index (κ2) is 12.5. The largest absolute Gasteiger partial charge is 0.394 e. The second-order valence-corrected chi connectivity index (χ2v) is 5.74. The van der Waals surface area contributed by atoms with E-state index in [1.807, 2.05) is 13.0 Å². The zero-order valence-corrected chi connectivity index (χ0v) is 15.1. The quantitative estimate of drug-likeness (QED) is 0.474. The molecule has 0 spiro atoms. The molecular weight excluding hydrogens is 336 g/mol. The second-order valence-electron chi connectivity index (χ2n) is 5.74. The van der Waals surface area contributed by atoms with Crippen LogP contribution in [0.2, 0.25) is 0 Å². The third kappa shape index (κ3) is 7.20. The summed E-state index contributed by atoms with van der Waals surface area (Å²) in [5.41, 5.74) is 0. The van der Waals surface area contributed by atoms with Crippen LogP contribution in [0.5, 0.6) is 0 Å². The van der Waals surface area contributed by atoms with Crippen LogP contribution in [0, 0.1) is 35.5 Å². The van der Waals surface area contributed by atoms with E-state index in [-0.39, 0.29) is 6.10 Å². The van der Waals surface area contributed by atoms with Gasteiger partial charge in [0.15, 0.2) is 6.29 Å². The fourth-order valence-electron chi connectivity index (χ4n) is 2.37. The Labute approximate surface area is 154 Å². The van der Waals surface area contributed by atoms with Crippen molar-refractivity contribution in [1.29, 1.82) is 0 Å². The van der Waals surface area contributed by atoms with Crippen molar-refractivity contribution in [3.63, 3.8) is 0 Å². The van der Waals surface area contributed by atoms with Gasteiger partial charge in [-0.05, 0) is 55.9 Å². The fourth-order valence-corrected chi connectivity index (χ4v) is 2.37. The van der Waals surface area contributed by atoms with Crippen molar-refractivity contribution >= 4 is 0 Å². The molecular formula is C20H26O6. The molecule has 1 rings (SSSR count). The summed E-state index contributed by atoms with van der Waals surface area (Å²) in [6.07, 6.45) is -0.853. The van der Waals surface area contributed by atoms with E-state index in [1.54, 1.807) is 13.0 Å². The topological polar surface area (TPSA) is 99.4 Å². The van der Waals surface area contributed by atoms with Gasteiger partial charge in [0.25, 0.3) is 0 Å². The van der Waals surface area contributed by atoms with Gasteiger partial charge >= 0.3 is 0 Å². The van der Waals surface area contributed by atoms with Crippen molar-refractivity contribution in [3.05, 3.63) is 12.2 Å². The van der Waals surface area contributed by atoms with Gasteiger partial charge in [0, 0.05) is 0 Å². The molecule has 0 aromatic carbocycles. The average Bonchev–Trinajstić information content (AvgIpc) is 2.65. The highest BCUT2D eigenvalue weighted by molar-refractivity contribution is 5.37. The summed E-state index contributed by atoms with van der Waals surface area (Å²) < 4.78 is 11.1. The Hall–Kier alpha value is -1.82. The van der Waals surface area contributed by atoms with Crippen molar-refractivity contribution in [2.24, 2.45) is 0 Å². The van der Waals surface area contributed by atoms with Crippen molar-refractivity contribution < 1.29 is 29.9 Å². The Morgan fingerprint density at radius 2 is 1.81 bits per heavy atom. The van der Waals surface area contributed by atoms with Gasteiger partial charge in [0.05, 0.1) is 12.7 Å². The van der Waals surface area contributed by atoms with Gasteiger partial charge in [-0.3, -0.25) is 0 Å². The van der Waals surface area contributed by atoms with E-state index in [0.29, 0.717) is 19.3 Å². The number of allylic oxidation sites excluding steroid dienone is 2. The van der Waals surface area contributed by atoms with Gasteiger partial charge < -0.3 is 29.9 Å². The van der Waals surface area contributed by atoms with Crippen LogP contribution in [-0.2, 0) is 9.47 Å². The first-order valence-electron chi connectivity index (χ1n) is 8.58. The van der Waals surface area contributed by atoms with Gasteiger partial charge in [0.1, 0.15) is 24.4 Å². The summed E-state index contributed by atoms with van der Waals surface area (Å²) >= 11 is 0. The minimum Gasteiger partial charge on any atom is -0.394 e. The molecule has 0 aromatic heterocycles. The summed E-state index contributed by atoms with van der Waals surface area (Å²) in [5, 5.41) is 38.8. The van der Waals surface area contributed by atoms with E-state index >= 15 is 0 Å². The lowest BCUT2D eigenvalue weighted by Crippen LogP contribution is -2.59. The van der Waals surface area contributed by atoms with E-state index in [9.17, 15) is 20.4 Å². The molecule has 1 saturated heterocycles. The van der Waals surface area contributed by atoms with Gasteiger partial charge in [-0.1, -0.05) is 24.8 Å². The van der Waals surface area contributed by atoms with Crippen LogP contribution in [0.4, 0.5) is 0 Å². The SMILES string of the molecule is CC#CC#CC#C/C=C/CCC(CC)OC1OC(CO)C(O)C(O)C1O. The Bertz CT molecular complexity index is 622. The molecule has 1 heterocycles. The van der Waals surface area contributed by atoms with E-state index in [2.05, 4.69) is 35.5 Å². The Kier molecular flexibility index (Phi) is 10.7. The lowest BCUT2D eigenvalue weighted by atomic mass is 9.99. The highest BCUT2D eigenvalue weighted by atomic mass is 16.7. The maximum absolute atomic E-state index is 10.00. The van der Waals surface area contributed by atoms with E-state index < -0.39 is 37.3 Å². The third-order valence-electron chi connectivity index (χ3n) is 3.87. The zero-order valence-electron chi connectivity index (χ0n) is 15.1. The molecule has 0 saturated carbocycles. The van der Waals surface area contributed by atoms with Gasteiger partial charge in [0.2, 0.25) is 0 Å². The average molecular weight is 362 g/mol. The van der Waals surface area contributed by atoms with Gasteiger partial charge in [-0.15, -0.1) is 0 Å². The molecule has 6 heteroatoms. The van der Waals surface area contributed by atoms with E-state index in [0.717, 1.165) is 0 Å². The predicted molar refractivity (Wildman–Crippen MR) is 96.3 cm³/mol. The smallest absolute Gasteiger partial charge is 0.186 e. The highest BCUT2D eigenvalue weighted by Gasteiger charge is 2.44. The van der Waals surface area contributed by atoms with Crippen LogP contribution in [-0.4, -0.2) is 63.8 Å². The third-order valence-corrected chi connectivity index (χ3v) is 3.87. The monoisotopic (exact) mass is 362 g/mol. The Balaban J connectivity index is 2.48. The Morgan fingerprint density at radius 3 is 2.46 bits per heavy atom. The highest BCUT2D eigenvalue weighted by Crippen LogP contribution is 2.24. The van der Waals surface area contributed by atoms with Crippen LogP contribution < -0.4 is 0 Å². The summed E-state index contributed by atoms with van der Waals surface area (Å²) in [6, 6.07) is 0. The fraction of sp³-hybridized carbons (Fsp3) is 0.600. The molecule has 6 unspecified atom stereocenters. The van der Waals surface area contributed by atoms with Crippen LogP contribution >= 0.6 is 0 Å². The van der Waals surface area contributed by atoms with Gasteiger partial charge in [-0.2, -0.15) is 0 Å². The first kappa shape index (κ1) is 22.2. The van der Waals surface area contributed by atoms with Crippen molar-refractivity contribution in [2.75, 3.05) is 6.61 Å². The number of hydrogen-bond acceptors (Lipinski definition) is 6. The molecule has 0 amide bonds. The van der Waals surface area contributed by atoms with Crippen LogP contribution in [0.25, 0.3) is 0 Å². The molecule has 0 radical (unpaired) electrons. The molecule has 6 nitrogen and oxygen atoms in total. The maximum atomic E-state index is 10.00. The molecule has 6 atom stereocenters. The molecule has 26 heavy (non-hydrogen) atoms. The summed E-state index contributed by atoms with van der Waals surface area (Å²) in [5.74, 6) is 15.9. The maximum Gasteiger partial charge on any atom is 0.186 e. The normalized spacial score (nSPS) is 28.9. The van der Waals surface area contributed by atoms with Crippen LogP contribution in [0.1, 0.15) is 33.1 Å². The van der Waals surface area contributed by atoms with E-state index in [4.69, 9.17) is 9.47 Å². The lowest BCUT2D eigenvalue weighted by Gasteiger charge is -2.40. The van der Waals surface area contributed by atoms with Crippen molar-refractivity contribution in [1.82, 2.24) is 0 Å². The standard InChI is InChI=1S/C20H26O6/c1-3-5-6-7-8-9-10-11-12-13-15(4-2)25-20-19(24)18(23)17(22)16(14-21)26-20/h10-11,15-24H,4,12-14H2,1-2H3/b11-10+. The number of aliphatic hydroxyl groups excluding tert-OH is 4. The molecule has 1 aliphatic rings. The van der Waals surface area contributed by atoms with E-state index in [1.165, 1.54) is 0 Å². The molecule has 1 fully saturated rings. The number of hydrogen-bond donors (Lipinski definition) is 4. The number of aliphatic hydroxyl groups is 4. The molecule has 142 valence electrons. The Morgan fingerprint density at radius 1 is 1.08 bits per heavy atom. The lowest BCUT2D eigenvalue weighted by molar-refractivity contribution is -0.311. The molecule has 0 aromatic rings. The molecule has 0 aliphatic carbocycles. The first-order valence-corrected chi connectivity index (χ1v) is 8.58. The molecule has 1 aliphatic heterocycles. The van der Waals surface area contributed by atoms with Crippen molar-refractivity contribution in [2.45, 2.75) is 69.9 Å². The number of ether oxygens (including phenoxy) is 2. The zero-order chi connectivity index (χ0) is 19.4. The minimum absolute atomic E-state index is 0.214. The summed E-state index contributed by atoms with van der Waals surface area (Å²) in [7, 11) is 0. The van der Waals surface area contributed by atoms with Crippen LogP contribution in [0.15, 0.2) is 12.2 Å². The summed E-state index contributed by atoms with van der Waals surface area (Å²) in [4.78, 5) is 0. The summed E-state index contributed by atoms with van der Waals surface area (Å²) in [6.45, 7) is 3.16. The first-order chi connectivity index (χ1) is 12.5. The predicted octanol–water partition coefficient (Wildman–Crippen LogP) is -0.0520. The molecule has 0 bridgehead atoms. The minimum atomic E-state index is -1.43. The van der Waals surface area contributed by atoms with Crippen molar-refractivity contribution in [3.8, 4) is 35.5 Å². The number of rotatable bonds is 7.